The van der Waals surface area contributed by atoms with Crippen LogP contribution in [0.15, 0.2) is 36.4 Å². The van der Waals surface area contributed by atoms with E-state index in [1.165, 1.54) is 0 Å². The van der Waals surface area contributed by atoms with Gasteiger partial charge in [-0.1, -0.05) is 18.2 Å². The summed E-state index contributed by atoms with van der Waals surface area (Å²) < 4.78 is 5.33. The van der Waals surface area contributed by atoms with Crippen molar-refractivity contribution >= 4 is 5.91 Å². The molecule has 1 amide bonds. The molecule has 1 saturated carbocycles. The smallest absolute Gasteiger partial charge is 0.255 e. The lowest BCUT2D eigenvalue weighted by molar-refractivity contribution is -0.0224. The van der Waals surface area contributed by atoms with E-state index >= 15 is 0 Å². The van der Waals surface area contributed by atoms with Crippen LogP contribution in [0.4, 0.5) is 0 Å². The number of fused-ring (bicyclic) bond motifs is 1. The van der Waals surface area contributed by atoms with E-state index in [0.717, 1.165) is 29.5 Å². The minimum Gasteiger partial charge on any atom is -0.497 e. The summed E-state index contributed by atoms with van der Waals surface area (Å²) in [7, 11) is 1.56. The van der Waals surface area contributed by atoms with E-state index in [0.29, 0.717) is 29.3 Å². The van der Waals surface area contributed by atoms with Gasteiger partial charge in [0.25, 0.3) is 5.91 Å². The molecule has 144 valence electrons. The van der Waals surface area contributed by atoms with Crippen molar-refractivity contribution in [1.82, 2.24) is 4.90 Å². The van der Waals surface area contributed by atoms with Gasteiger partial charge in [0.2, 0.25) is 0 Å². The molecule has 1 atom stereocenters. The molecule has 1 heterocycles. The topological polar surface area (TPSA) is 73.6 Å². The molecule has 0 unspecified atom stereocenters. The number of carbonyl (C=O) groups is 1. The predicted molar refractivity (Wildman–Crippen MR) is 106 cm³/mol. The summed E-state index contributed by atoms with van der Waals surface area (Å²) >= 11 is 0. The van der Waals surface area contributed by atoms with Crippen LogP contribution >= 0.6 is 0 Å². The van der Waals surface area contributed by atoms with Crippen LogP contribution in [0, 0.1) is 17.2 Å². The number of ether oxygens (including phenoxy) is 1. The van der Waals surface area contributed by atoms with Crippen LogP contribution in [0.3, 0.4) is 0 Å². The van der Waals surface area contributed by atoms with Crippen molar-refractivity contribution in [2.45, 2.75) is 44.9 Å². The largest absolute Gasteiger partial charge is 0.497 e. The molecule has 28 heavy (non-hydrogen) atoms. The lowest BCUT2D eigenvalue weighted by Gasteiger charge is -2.37. The molecule has 0 spiro atoms. The molecule has 2 aromatic rings. The first-order valence-electron chi connectivity index (χ1n) is 9.58. The van der Waals surface area contributed by atoms with E-state index in [1.807, 2.05) is 29.2 Å². The summed E-state index contributed by atoms with van der Waals surface area (Å²) in [6.07, 6.45) is 2.09. The molecule has 1 aliphatic heterocycles. The maximum Gasteiger partial charge on any atom is 0.255 e. The molecule has 5 nitrogen and oxygen atoms in total. The zero-order valence-electron chi connectivity index (χ0n) is 16.4. The third-order valence-electron chi connectivity index (χ3n) is 5.68. The van der Waals surface area contributed by atoms with Crippen LogP contribution in [0.2, 0.25) is 0 Å². The monoisotopic (exact) mass is 376 g/mol. The van der Waals surface area contributed by atoms with Gasteiger partial charge < -0.3 is 14.7 Å². The Bertz CT molecular complexity index is 980. The SMILES string of the molecule is COc1cc(C#N)cc(-c2cccc3c2C(=O)N([C@H](C2CC2)C(C)(C)O)C3)c1. The van der Waals surface area contributed by atoms with Gasteiger partial charge in [-0.3, -0.25) is 4.79 Å². The third kappa shape index (κ3) is 3.14. The number of methoxy groups -OCH3 is 1. The van der Waals surface area contributed by atoms with Gasteiger partial charge in [-0.2, -0.15) is 5.26 Å². The lowest BCUT2D eigenvalue weighted by atomic mass is 9.92. The number of aliphatic hydroxyl groups is 1. The zero-order valence-corrected chi connectivity index (χ0v) is 16.4. The average Bonchev–Trinajstić information content (AvgIpc) is 3.44. The Kier molecular flexibility index (Phi) is 4.40. The van der Waals surface area contributed by atoms with Crippen LogP contribution in [-0.4, -0.2) is 34.7 Å². The number of rotatable bonds is 5. The normalized spacial score (nSPS) is 17.2. The van der Waals surface area contributed by atoms with E-state index in [1.54, 1.807) is 33.1 Å². The van der Waals surface area contributed by atoms with Gasteiger partial charge in [0.05, 0.1) is 35.9 Å². The summed E-state index contributed by atoms with van der Waals surface area (Å²) in [5, 5.41) is 20.1. The Morgan fingerprint density at radius 1 is 1.29 bits per heavy atom. The maximum atomic E-state index is 13.4. The fraction of sp³-hybridized carbons (Fsp3) is 0.391. The summed E-state index contributed by atoms with van der Waals surface area (Å²) in [5.41, 5.74) is 2.73. The van der Waals surface area contributed by atoms with Crippen molar-refractivity contribution in [3.8, 4) is 22.9 Å². The van der Waals surface area contributed by atoms with Crippen molar-refractivity contribution in [3.05, 3.63) is 53.1 Å². The highest BCUT2D eigenvalue weighted by Crippen LogP contribution is 2.44. The standard InChI is InChI=1S/C23H24N2O3/c1-23(2,27)21(15-7-8-15)25-13-16-5-4-6-19(20(16)22(25)26)17-9-14(12-24)10-18(11-17)28-3/h4-6,9-11,15,21,27H,7-8,13H2,1-3H3/t21-/m1/s1. The minimum absolute atomic E-state index is 0.0500. The second kappa shape index (κ2) is 6.65. The predicted octanol–water partition coefficient (Wildman–Crippen LogP) is 3.74. The van der Waals surface area contributed by atoms with Crippen LogP contribution in [0.25, 0.3) is 11.1 Å². The molecule has 2 aliphatic rings. The first kappa shape index (κ1) is 18.5. The molecule has 1 N–H and O–H groups in total. The molecular formula is C23H24N2O3. The molecule has 0 aromatic heterocycles. The van der Waals surface area contributed by atoms with Gasteiger partial charge in [-0.25, -0.2) is 0 Å². The van der Waals surface area contributed by atoms with Gasteiger partial charge in [0, 0.05) is 6.54 Å². The number of hydrogen-bond acceptors (Lipinski definition) is 4. The molecule has 1 fully saturated rings. The van der Waals surface area contributed by atoms with Crippen molar-refractivity contribution in [3.63, 3.8) is 0 Å². The molecule has 4 rings (SSSR count). The number of hydrogen-bond donors (Lipinski definition) is 1. The number of nitriles is 1. The molecular weight excluding hydrogens is 352 g/mol. The second-order valence-electron chi connectivity index (χ2n) is 8.27. The molecule has 2 aromatic carbocycles. The van der Waals surface area contributed by atoms with Crippen molar-refractivity contribution in [1.29, 1.82) is 5.26 Å². The molecule has 0 radical (unpaired) electrons. The Morgan fingerprint density at radius 2 is 2.04 bits per heavy atom. The summed E-state index contributed by atoms with van der Waals surface area (Å²) in [6.45, 7) is 4.07. The summed E-state index contributed by atoms with van der Waals surface area (Å²) in [6, 6.07) is 13.1. The Morgan fingerprint density at radius 3 is 2.64 bits per heavy atom. The molecule has 0 saturated heterocycles. The lowest BCUT2D eigenvalue weighted by Crippen LogP contribution is -2.51. The number of benzene rings is 2. The number of nitrogens with zero attached hydrogens (tertiary/aromatic N) is 2. The van der Waals surface area contributed by atoms with Gasteiger partial charge in [-0.15, -0.1) is 0 Å². The summed E-state index contributed by atoms with van der Waals surface area (Å²) in [5.74, 6) is 0.885. The van der Waals surface area contributed by atoms with E-state index in [-0.39, 0.29) is 11.9 Å². The van der Waals surface area contributed by atoms with Crippen LogP contribution < -0.4 is 4.74 Å². The molecule has 0 bridgehead atoms. The average molecular weight is 376 g/mol. The number of amides is 1. The van der Waals surface area contributed by atoms with E-state index < -0.39 is 5.60 Å². The Labute approximate surface area is 165 Å². The van der Waals surface area contributed by atoms with Crippen molar-refractivity contribution in [2.75, 3.05) is 7.11 Å². The first-order valence-corrected chi connectivity index (χ1v) is 9.58. The molecule has 1 aliphatic carbocycles. The van der Waals surface area contributed by atoms with Crippen LogP contribution in [0.5, 0.6) is 5.75 Å². The van der Waals surface area contributed by atoms with Gasteiger partial charge in [0.15, 0.2) is 0 Å². The maximum absolute atomic E-state index is 13.4. The van der Waals surface area contributed by atoms with E-state index in [2.05, 4.69) is 6.07 Å². The Hall–Kier alpha value is -2.84. The van der Waals surface area contributed by atoms with Crippen molar-refractivity contribution in [2.24, 2.45) is 5.92 Å². The van der Waals surface area contributed by atoms with Gasteiger partial charge in [-0.05, 0) is 67.5 Å². The first-order chi connectivity index (χ1) is 13.3. The highest BCUT2D eigenvalue weighted by Gasteiger charge is 2.48. The number of carbonyl (C=O) groups excluding carboxylic acids is 1. The van der Waals surface area contributed by atoms with Crippen molar-refractivity contribution < 1.29 is 14.6 Å². The third-order valence-corrected chi connectivity index (χ3v) is 5.68. The van der Waals surface area contributed by atoms with Gasteiger partial charge in [0.1, 0.15) is 5.75 Å². The fourth-order valence-electron chi connectivity index (χ4n) is 4.41. The van der Waals surface area contributed by atoms with Crippen LogP contribution in [-0.2, 0) is 6.54 Å². The second-order valence-corrected chi connectivity index (χ2v) is 8.27. The van der Waals surface area contributed by atoms with Gasteiger partial charge >= 0.3 is 0 Å². The van der Waals surface area contributed by atoms with E-state index in [4.69, 9.17) is 4.74 Å². The van der Waals surface area contributed by atoms with E-state index in [9.17, 15) is 15.2 Å². The minimum atomic E-state index is -0.955. The molecule has 5 heteroatoms. The fourth-order valence-corrected chi connectivity index (χ4v) is 4.41. The highest BCUT2D eigenvalue weighted by atomic mass is 16.5. The Balaban J connectivity index is 1.79. The highest BCUT2D eigenvalue weighted by molar-refractivity contribution is 6.05. The quantitative estimate of drug-likeness (QED) is 0.863. The van der Waals surface area contributed by atoms with Crippen LogP contribution in [0.1, 0.15) is 48.2 Å². The summed E-state index contributed by atoms with van der Waals surface area (Å²) in [4.78, 5) is 15.3. The zero-order chi connectivity index (χ0) is 20.1.